The van der Waals surface area contributed by atoms with Gasteiger partial charge in [-0.15, -0.1) is 0 Å². The number of nitrogens with zero attached hydrogens (tertiary/aromatic N) is 5. The van der Waals surface area contributed by atoms with Gasteiger partial charge < -0.3 is 20.4 Å². The monoisotopic (exact) mass is 431 g/mol. The number of carbonyl (C=O) groups is 1. The number of nitro groups is 1. The SMILES string of the molecule is CN=C(NCCNc1ccc([N+](=O)[O-])cc1)N1CCN(C(C)C(=O)N2CCCC2)CC1. The highest BCUT2D eigenvalue weighted by atomic mass is 16.6. The zero-order valence-electron chi connectivity index (χ0n) is 18.4. The fourth-order valence-corrected chi connectivity index (χ4v) is 4.09. The van der Waals surface area contributed by atoms with E-state index in [2.05, 4.69) is 25.4 Å². The molecule has 10 nitrogen and oxygen atoms in total. The van der Waals surface area contributed by atoms with Crippen LogP contribution in [0.2, 0.25) is 0 Å². The number of piperazine rings is 1. The number of nitro benzene ring substituents is 1. The normalized spacial score (nSPS) is 18.7. The van der Waals surface area contributed by atoms with Gasteiger partial charge in [-0.3, -0.25) is 24.8 Å². The lowest BCUT2D eigenvalue weighted by molar-refractivity contribution is -0.384. The third-order valence-electron chi connectivity index (χ3n) is 5.96. The molecule has 2 aliphatic rings. The van der Waals surface area contributed by atoms with Gasteiger partial charge in [-0.05, 0) is 31.9 Å². The second kappa shape index (κ2) is 10.9. The van der Waals surface area contributed by atoms with Crippen LogP contribution in [0.5, 0.6) is 0 Å². The molecular weight excluding hydrogens is 398 g/mol. The average molecular weight is 432 g/mol. The molecule has 1 unspecified atom stereocenters. The summed E-state index contributed by atoms with van der Waals surface area (Å²) < 4.78 is 0. The lowest BCUT2D eigenvalue weighted by Crippen LogP contribution is -2.57. The summed E-state index contributed by atoms with van der Waals surface area (Å²) in [5, 5.41) is 17.3. The Morgan fingerprint density at radius 2 is 1.71 bits per heavy atom. The summed E-state index contributed by atoms with van der Waals surface area (Å²) in [5.41, 5.74) is 0.923. The lowest BCUT2D eigenvalue weighted by atomic mass is 10.2. The van der Waals surface area contributed by atoms with Crippen molar-refractivity contribution < 1.29 is 9.72 Å². The smallest absolute Gasteiger partial charge is 0.269 e. The third kappa shape index (κ3) is 6.06. The molecule has 1 amide bonds. The van der Waals surface area contributed by atoms with E-state index in [9.17, 15) is 14.9 Å². The Kier molecular flexibility index (Phi) is 8.05. The minimum absolute atomic E-state index is 0.0684. The van der Waals surface area contributed by atoms with E-state index in [-0.39, 0.29) is 17.6 Å². The van der Waals surface area contributed by atoms with Crippen LogP contribution in [0.1, 0.15) is 19.8 Å². The molecule has 170 valence electrons. The van der Waals surface area contributed by atoms with E-state index in [0.29, 0.717) is 13.1 Å². The van der Waals surface area contributed by atoms with Gasteiger partial charge in [0.15, 0.2) is 5.96 Å². The van der Waals surface area contributed by atoms with Crippen LogP contribution >= 0.6 is 0 Å². The van der Waals surface area contributed by atoms with Gasteiger partial charge in [0.25, 0.3) is 5.69 Å². The Bertz CT molecular complexity index is 770. The Labute approximate surface area is 183 Å². The summed E-state index contributed by atoms with van der Waals surface area (Å²) in [6.07, 6.45) is 2.24. The predicted octanol–water partition coefficient (Wildman–Crippen LogP) is 1.21. The molecule has 2 saturated heterocycles. The first kappa shape index (κ1) is 22.8. The maximum absolute atomic E-state index is 12.7. The van der Waals surface area contributed by atoms with Crippen LogP contribution in [-0.2, 0) is 4.79 Å². The second-order valence-corrected chi connectivity index (χ2v) is 7.94. The number of non-ortho nitro benzene ring substituents is 1. The first-order valence-corrected chi connectivity index (χ1v) is 11.0. The fraction of sp³-hybridized carbons (Fsp3) is 0.619. The van der Waals surface area contributed by atoms with Gasteiger partial charge in [0.05, 0.1) is 11.0 Å². The number of amides is 1. The van der Waals surface area contributed by atoms with E-state index in [1.165, 1.54) is 12.1 Å². The summed E-state index contributed by atoms with van der Waals surface area (Å²) in [5.74, 6) is 1.11. The first-order valence-electron chi connectivity index (χ1n) is 11.0. The largest absolute Gasteiger partial charge is 0.383 e. The van der Waals surface area contributed by atoms with E-state index in [4.69, 9.17) is 0 Å². The molecule has 1 atom stereocenters. The number of rotatable bonds is 7. The molecule has 10 heteroatoms. The summed E-state index contributed by atoms with van der Waals surface area (Å²) in [6.45, 7) is 8.48. The van der Waals surface area contributed by atoms with E-state index in [1.807, 2.05) is 11.8 Å². The van der Waals surface area contributed by atoms with Crippen LogP contribution < -0.4 is 10.6 Å². The Morgan fingerprint density at radius 1 is 1.06 bits per heavy atom. The van der Waals surface area contributed by atoms with Crippen molar-refractivity contribution >= 4 is 23.2 Å². The number of carbonyl (C=O) groups excluding carboxylic acids is 1. The number of hydrogen-bond acceptors (Lipinski definition) is 6. The van der Waals surface area contributed by atoms with Gasteiger partial charge in [0.1, 0.15) is 0 Å². The van der Waals surface area contributed by atoms with Crippen molar-refractivity contribution in [2.24, 2.45) is 4.99 Å². The van der Waals surface area contributed by atoms with E-state index < -0.39 is 4.92 Å². The number of hydrogen-bond donors (Lipinski definition) is 2. The standard InChI is InChI=1S/C21H33N7O3/c1-17(20(29)26-11-3-4-12-26)25-13-15-27(16-14-25)21(22-2)24-10-9-23-18-5-7-19(8-6-18)28(30)31/h5-8,17,23H,3-4,9-16H2,1-2H3,(H,22,24). The van der Waals surface area contributed by atoms with Gasteiger partial charge in [0, 0.05) is 77.2 Å². The van der Waals surface area contributed by atoms with Crippen LogP contribution in [0.25, 0.3) is 0 Å². The maximum atomic E-state index is 12.7. The summed E-state index contributed by atoms with van der Waals surface area (Å²) in [7, 11) is 1.78. The summed E-state index contributed by atoms with van der Waals surface area (Å²) >= 11 is 0. The molecule has 0 aromatic heterocycles. The van der Waals surface area contributed by atoms with Crippen LogP contribution in [0.4, 0.5) is 11.4 Å². The van der Waals surface area contributed by atoms with Crippen molar-refractivity contribution in [3.05, 3.63) is 34.4 Å². The molecule has 1 aromatic rings. The van der Waals surface area contributed by atoms with Crippen molar-refractivity contribution in [2.45, 2.75) is 25.8 Å². The lowest BCUT2D eigenvalue weighted by Gasteiger charge is -2.39. The first-order chi connectivity index (χ1) is 15.0. The Hall–Kier alpha value is -2.88. The minimum Gasteiger partial charge on any atom is -0.383 e. The van der Waals surface area contributed by atoms with Crippen molar-refractivity contribution in [2.75, 3.05) is 64.7 Å². The molecule has 31 heavy (non-hydrogen) atoms. The molecule has 3 rings (SSSR count). The summed E-state index contributed by atoms with van der Waals surface area (Å²) in [6, 6.07) is 6.32. The topological polar surface area (TPSA) is 106 Å². The highest BCUT2D eigenvalue weighted by Gasteiger charge is 2.30. The van der Waals surface area contributed by atoms with Crippen LogP contribution in [0.15, 0.2) is 29.3 Å². The highest BCUT2D eigenvalue weighted by Crippen LogP contribution is 2.15. The molecule has 0 saturated carbocycles. The van der Waals surface area contributed by atoms with Gasteiger partial charge in [-0.2, -0.15) is 0 Å². The van der Waals surface area contributed by atoms with E-state index in [0.717, 1.165) is 63.8 Å². The second-order valence-electron chi connectivity index (χ2n) is 7.94. The molecule has 0 radical (unpaired) electrons. The highest BCUT2D eigenvalue weighted by molar-refractivity contribution is 5.82. The van der Waals surface area contributed by atoms with Gasteiger partial charge in [0.2, 0.25) is 5.91 Å². The molecule has 2 N–H and O–H groups in total. The van der Waals surface area contributed by atoms with Gasteiger partial charge in [-0.25, -0.2) is 0 Å². The van der Waals surface area contributed by atoms with Crippen molar-refractivity contribution in [3.8, 4) is 0 Å². The zero-order valence-corrected chi connectivity index (χ0v) is 18.4. The van der Waals surface area contributed by atoms with Crippen molar-refractivity contribution in [3.63, 3.8) is 0 Å². The summed E-state index contributed by atoms with van der Waals surface area (Å²) in [4.78, 5) is 33.8. The number of aliphatic imine (C=N–C) groups is 1. The Balaban J connectivity index is 1.38. The quantitative estimate of drug-likeness (QED) is 0.220. The van der Waals surface area contributed by atoms with E-state index >= 15 is 0 Å². The molecule has 0 aliphatic carbocycles. The molecule has 0 bridgehead atoms. The number of likely N-dealkylation sites (tertiary alicyclic amines) is 1. The van der Waals surface area contributed by atoms with Crippen molar-refractivity contribution in [1.29, 1.82) is 0 Å². The van der Waals surface area contributed by atoms with Crippen LogP contribution in [-0.4, -0.2) is 96.9 Å². The molecular formula is C21H33N7O3. The Morgan fingerprint density at radius 3 is 2.29 bits per heavy atom. The minimum atomic E-state index is -0.405. The fourth-order valence-electron chi connectivity index (χ4n) is 4.09. The number of benzene rings is 1. The van der Waals surface area contributed by atoms with Crippen molar-refractivity contribution in [1.82, 2.24) is 20.0 Å². The zero-order chi connectivity index (χ0) is 22.2. The van der Waals surface area contributed by atoms with E-state index in [1.54, 1.807) is 19.2 Å². The number of guanidine groups is 1. The van der Waals surface area contributed by atoms with Crippen LogP contribution in [0, 0.1) is 10.1 Å². The molecule has 2 fully saturated rings. The van der Waals surface area contributed by atoms with Gasteiger partial charge >= 0.3 is 0 Å². The third-order valence-corrected chi connectivity index (χ3v) is 5.96. The molecule has 2 aliphatic heterocycles. The molecule has 2 heterocycles. The van der Waals surface area contributed by atoms with Crippen LogP contribution in [0.3, 0.4) is 0 Å². The van der Waals surface area contributed by atoms with Gasteiger partial charge in [-0.1, -0.05) is 0 Å². The molecule has 1 aromatic carbocycles. The average Bonchev–Trinajstić information content (AvgIpc) is 3.34. The predicted molar refractivity (Wildman–Crippen MR) is 121 cm³/mol. The molecule has 0 spiro atoms. The number of anilines is 1. The number of nitrogens with one attached hydrogen (secondary N) is 2. The maximum Gasteiger partial charge on any atom is 0.269 e.